The van der Waals surface area contributed by atoms with Crippen LogP contribution < -0.4 is 5.73 Å². The second-order valence-corrected chi connectivity index (χ2v) is 3.25. The van der Waals surface area contributed by atoms with Gasteiger partial charge in [-0.2, -0.15) is 4.39 Å². The highest BCUT2D eigenvalue weighted by Crippen LogP contribution is 2.30. The number of phenolic OH excluding ortho intramolecular Hbond substituents is 1. The first-order chi connectivity index (χ1) is 6.99. The molecule has 0 radical (unpaired) electrons. The van der Waals surface area contributed by atoms with Crippen LogP contribution in [0.25, 0.3) is 0 Å². The number of Topliss-reactive ketones (excluding diaryl/α,β-unsaturated/α-hetero) is 1. The Labute approximate surface area is 89.5 Å². The summed E-state index contributed by atoms with van der Waals surface area (Å²) < 4.78 is 26.1. The number of hydrogen-bond acceptors (Lipinski definition) is 3. The summed E-state index contributed by atoms with van der Waals surface area (Å²) in [7, 11) is 0. The lowest BCUT2D eigenvalue weighted by atomic mass is 10.1. The van der Waals surface area contributed by atoms with Crippen LogP contribution in [0.1, 0.15) is 16.8 Å². The first kappa shape index (κ1) is 11.9. The number of hydrogen-bond donors (Lipinski definition) is 2. The molecule has 0 unspecified atom stereocenters. The van der Waals surface area contributed by atoms with Crippen molar-refractivity contribution in [1.29, 1.82) is 0 Å². The summed E-state index contributed by atoms with van der Waals surface area (Å²) in [4.78, 5) is 11.3. The highest BCUT2D eigenvalue weighted by molar-refractivity contribution is 6.32. The molecule has 0 amide bonds. The number of aromatic hydroxyl groups is 1. The van der Waals surface area contributed by atoms with E-state index in [4.69, 9.17) is 22.4 Å². The highest BCUT2D eigenvalue weighted by atomic mass is 35.5. The molecule has 0 aliphatic heterocycles. The van der Waals surface area contributed by atoms with Gasteiger partial charge < -0.3 is 10.8 Å². The van der Waals surface area contributed by atoms with Crippen LogP contribution in [0.5, 0.6) is 5.75 Å². The zero-order valence-electron chi connectivity index (χ0n) is 7.56. The van der Waals surface area contributed by atoms with Gasteiger partial charge in [-0.1, -0.05) is 11.6 Å². The predicted octanol–water partition coefficient (Wildman–Crippen LogP) is 1.86. The third-order valence-electron chi connectivity index (χ3n) is 1.81. The summed E-state index contributed by atoms with van der Waals surface area (Å²) in [5.74, 6) is -4.59. The molecule has 0 aliphatic carbocycles. The minimum absolute atomic E-state index is 0.0262. The molecule has 6 heteroatoms. The van der Waals surface area contributed by atoms with Gasteiger partial charge in [0, 0.05) is 6.42 Å². The number of nitrogens with two attached hydrogens (primary N) is 1. The lowest BCUT2D eigenvalue weighted by Crippen LogP contribution is -2.10. The minimum atomic E-state index is -1.53. The Bertz CT molecular complexity index is 410. The Kier molecular flexibility index (Phi) is 3.60. The van der Waals surface area contributed by atoms with E-state index in [0.717, 1.165) is 6.07 Å². The van der Waals surface area contributed by atoms with E-state index >= 15 is 0 Å². The molecule has 15 heavy (non-hydrogen) atoms. The van der Waals surface area contributed by atoms with Crippen molar-refractivity contribution in [3.05, 3.63) is 28.3 Å². The summed E-state index contributed by atoms with van der Waals surface area (Å²) in [6.45, 7) is 0.0262. The molecule has 0 aliphatic rings. The van der Waals surface area contributed by atoms with Crippen LogP contribution in [-0.2, 0) is 0 Å². The van der Waals surface area contributed by atoms with Crippen molar-refractivity contribution in [2.45, 2.75) is 6.42 Å². The van der Waals surface area contributed by atoms with Crippen molar-refractivity contribution in [1.82, 2.24) is 0 Å². The van der Waals surface area contributed by atoms with E-state index in [-0.39, 0.29) is 13.0 Å². The third kappa shape index (κ3) is 2.24. The fourth-order valence-electron chi connectivity index (χ4n) is 1.05. The number of halogens is 3. The van der Waals surface area contributed by atoms with E-state index in [1.54, 1.807) is 0 Å². The average Bonchev–Trinajstić information content (AvgIpc) is 2.20. The molecule has 0 bridgehead atoms. The monoisotopic (exact) mass is 235 g/mol. The van der Waals surface area contributed by atoms with E-state index in [0.29, 0.717) is 0 Å². The Morgan fingerprint density at radius 2 is 2.07 bits per heavy atom. The maximum atomic E-state index is 13.2. The second kappa shape index (κ2) is 4.55. The molecule has 0 aromatic heterocycles. The van der Waals surface area contributed by atoms with Crippen molar-refractivity contribution in [2.75, 3.05) is 6.54 Å². The Morgan fingerprint density at radius 1 is 1.47 bits per heavy atom. The Morgan fingerprint density at radius 3 is 2.60 bits per heavy atom. The fraction of sp³-hybridized carbons (Fsp3) is 0.222. The first-order valence-corrected chi connectivity index (χ1v) is 4.46. The first-order valence-electron chi connectivity index (χ1n) is 4.08. The van der Waals surface area contributed by atoms with Crippen LogP contribution >= 0.6 is 11.6 Å². The third-order valence-corrected chi connectivity index (χ3v) is 2.09. The quantitative estimate of drug-likeness (QED) is 0.621. The van der Waals surface area contributed by atoms with Gasteiger partial charge in [-0.05, 0) is 12.6 Å². The van der Waals surface area contributed by atoms with E-state index < -0.39 is 33.8 Å². The van der Waals surface area contributed by atoms with Gasteiger partial charge in [0.25, 0.3) is 0 Å². The standard InChI is InChI=1S/C9H8ClF2NO2/c10-5-3-4(6(14)1-2-13)7(11)8(12)9(5)15/h3,15H,1-2,13H2. The molecule has 0 heterocycles. The second-order valence-electron chi connectivity index (χ2n) is 2.84. The largest absolute Gasteiger partial charge is 0.504 e. The molecule has 1 rings (SSSR count). The van der Waals surface area contributed by atoms with E-state index in [9.17, 15) is 13.6 Å². The van der Waals surface area contributed by atoms with Gasteiger partial charge in [-0.15, -0.1) is 0 Å². The van der Waals surface area contributed by atoms with Crippen LogP contribution in [0.3, 0.4) is 0 Å². The molecule has 82 valence electrons. The summed E-state index contributed by atoms with van der Waals surface area (Å²) >= 11 is 5.40. The van der Waals surface area contributed by atoms with Crippen LogP contribution in [-0.4, -0.2) is 17.4 Å². The predicted molar refractivity (Wildman–Crippen MR) is 51.0 cm³/mol. The Balaban J connectivity index is 3.26. The fourth-order valence-corrected chi connectivity index (χ4v) is 1.25. The molecule has 0 fully saturated rings. The van der Waals surface area contributed by atoms with Crippen molar-refractivity contribution in [3.8, 4) is 5.75 Å². The molecular weight excluding hydrogens is 228 g/mol. The van der Waals surface area contributed by atoms with Gasteiger partial charge in [-0.25, -0.2) is 4.39 Å². The minimum Gasteiger partial charge on any atom is -0.504 e. The van der Waals surface area contributed by atoms with Gasteiger partial charge in [-0.3, -0.25) is 4.79 Å². The van der Waals surface area contributed by atoms with Crippen LogP contribution in [0.2, 0.25) is 5.02 Å². The maximum absolute atomic E-state index is 13.2. The van der Waals surface area contributed by atoms with Gasteiger partial charge in [0.05, 0.1) is 10.6 Å². The molecule has 3 nitrogen and oxygen atoms in total. The summed E-state index contributed by atoms with van der Waals surface area (Å²) in [5.41, 5.74) is 4.60. The lowest BCUT2D eigenvalue weighted by Gasteiger charge is -2.05. The topological polar surface area (TPSA) is 63.3 Å². The molecule has 0 spiro atoms. The highest BCUT2D eigenvalue weighted by Gasteiger charge is 2.20. The molecular formula is C9H8ClF2NO2. The van der Waals surface area contributed by atoms with Crippen molar-refractivity contribution in [3.63, 3.8) is 0 Å². The summed E-state index contributed by atoms with van der Waals surface area (Å²) in [6.07, 6.45) is -0.114. The summed E-state index contributed by atoms with van der Waals surface area (Å²) in [5, 5.41) is 8.53. The Hall–Kier alpha value is -1.20. The SMILES string of the molecule is NCCC(=O)c1cc(Cl)c(O)c(F)c1F. The average molecular weight is 236 g/mol. The van der Waals surface area contributed by atoms with Crippen LogP contribution in [0, 0.1) is 11.6 Å². The molecule has 0 saturated heterocycles. The van der Waals surface area contributed by atoms with Crippen molar-refractivity contribution >= 4 is 17.4 Å². The van der Waals surface area contributed by atoms with Gasteiger partial charge in [0.2, 0.25) is 5.82 Å². The number of rotatable bonds is 3. The van der Waals surface area contributed by atoms with Crippen molar-refractivity contribution < 1.29 is 18.7 Å². The van der Waals surface area contributed by atoms with Crippen LogP contribution in [0.4, 0.5) is 8.78 Å². The zero-order valence-corrected chi connectivity index (χ0v) is 8.31. The number of ketones is 1. The van der Waals surface area contributed by atoms with Gasteiger partial charge in [0.15, 0.2) is 17.3 Å². The lowest BCUT2D eigenvalue weighted by molar-refractivity contribution is 0.0980. The molecule has 3 N–H and O–H groups in total. The zero-order chi connectivity index (χ0) is 11.6. The summed E-state index contributed by atoms with van der Waals surface area (Å²) in [6, 6.07) is 0.882. The maximum Gasteiger partial charge on any atom is 0.202 e. The molecule has 0 saturated carbocycles. The number of benzene rings is 1. The number of phenols is 1. The van der Waals surface area contributed by atoms with Gasteiger partial charge in [0.1, 0.15) is 0 Å². The number of carbonyl (C=O) groups excluding carboxylic acids is 1. The van der Waals surface area contributed by atoms with E-state index in [2.05, 4.69) is 0 Å². The molecule has 0 atom stereocenters. The normalized spacial score (nSPS) is 10.4. The van der Waals surface area contributed by atoms with E-state index in [1.807, 2.05) is 0 Å². The molecule has 1 aromatic rings. The van der Waals surface area contributed by atoms with Crippen molar-refractivity contribution in [2.24, 2.45) is 5.73 Å². The molecule has 1 aromatic carbocycles. The number of carbonyl (C=O) groups is 1. The van der Waals surface area contributed by atoms with Crippen LogP contribution in [0.15, 0.2) is 6.07 Å². The smallest absolute Gasteiger partial charge is 0.202 e. The van der Waals surface area contributed by atoms with E-state index in [1.165, 1.54) is 0 Å². The van der Waals surface area contributed by atoms with Gasteiger partial charge >= 0.3 is 0 Å².